The second-order valence-electron chi connectivity index (χ2n) is 6.11. The first kappa shape index (κ1) is 15.4. The van der Waals surface area contributed by atoms with Crippen molar-refractivity contribution in [1.29, 1.82) is 0 Å². The van der Waals surface area contributed by atoms with Gasteiger partial charge in [-0.25, -0.2) is 0 Å². The summed E-state index contributed by atoms with van der Waals surface area (Å²) in [6.07, 6.45) is 9.32. The van der Waals surface area contributed by atoms with Crippen LogP contribution in [0.25, 0.3) is 0 Å². The van der Waals surface area contributed by atoms with Crippen molar-refractivity contribution in [3.63, 3.8) is 0 Å². The molecule has 1 aromatic carbocycles. The third-order valence-corrected chi connectivity index (χ3v) is 4.48. The Labute approximate surface area is 123 Å². The van der Waals surface area contributed by atoms with E-state index in [0.717, 1.165) is 5.75 Å². The van der Waals surface area contributed by atoms with Crippen molar-refractivity contribution in [1.82, 2.24) is 0 Å². The number of nitrogens with two attached hydrogens (primary N) is 1. The first-order valence-corrected chi connectivity index (χ1v) is 8.21. The molecule has 2 N–H and O–H groups in total. The van der Waals surface area contributed by atoms with Crippen molar-refractivity contribution in [3.05, 3.63) is 29.3 Å². The Balaban J connectivity index is 2.17. The molecule has 0 bridgehead atoms. The fraction of sp³-hybridized carbons (Fsp3) is 0.667. The molecule has 0 saturated heterocycles. The summed E-state index contributed by atoms with van der Waals surface area (Å²) in [5, 5.41) is 0. The zero-order chi connectivity index (χ0) is 14.4. The van der Waals surface area contributed by atoms with Crippen LogP contribution in [0, 0.1) is 12.8 Å². The number of hydrogen-bond donors (Lipinski definition) is 1. The molecule has 112 valence electrons. The third kappa shape index (κ3) is 3.99. The molecule has 1 atom stereocenters. The van der Waals surface area contributed by atoms with Crippen molar-refractivity contribution >= 4 is 0 Å². The van der Waals surface area contributed by atoms with Crippen molar-refractivity contribution in [2.45, 2.75) is 64.8 Å². The summed E-state index contributed by atoms with van der Waals surface area (Å²) >= 11 is 0. The normalized spacial score (nSPS) is 19.1. The average molecular weight is 275 g/mol. The van der Waals surface area contributed by atoms with Crippen LogP contribution in [0.2, 0.25) is 0 Å². The molecule has 2 heteroatoms. The van der Waals surface area contributed by atoms with Gasteiger partial charge in [-0.05, 0) is 38.7 Å². The predicted octanol–water partition coefficient (Wildman–Crippen LogP) is 4.75. The summed E-state index contributed by atoms with van der Waals surface area (Å²) < 4.78 is 5.78. The van der Waals surface area contributed by atoms with Crippen LogP contribution in [0.5, 0.6) is 5.75 Å². The van der Waals surface area contributed by atoms with E-state index in [1.54, 1.807) is 0 Å². The molecule has 0 spiro atoms. The smallest absolute Gasteiger partial charge is 0.124 e. The van der Waals surface area contributed by atoms with Crippen LogP contribution < -0.4 is 10.5 Å². The fourth-order valence-corrected chi connectivity index (χ4v) is 3.32. The summed E-state index contributed by atoms with van der Waals surface area (Å²) in [6, 6.07) is 6.53. The zero-order valence-electron chi connectivity index (χ0n) is 13.0. The minimum atomic E-state index is 0.120. The van der Waals surface area contributed by atoms with Crippen LogP contribution in [-0.4, -0.2) is 6.61 Å². The van der Waals surface area contributed by atoms with Gasteiger partial charge in [0.2, 0.25) is 0 Å². The first-order valence-electron chi connectivity index (χ1n) is 8.21. The summed E-state index contributed by atoms with van der Waals surface area (Å²) in [5.41, 5.74) is 9.08. The SMILES string of the molecule is CCOc1ccc(C)cc1C(N)C1CCCCCCC1. The maximum absolute atomic E-state index is 6.61. The monoisotopic (exact) mass is 275 g/mol. The highest BCUT2D eigenvalue weighted by Gasteiger charge is 2.23. The van der Waals surface area contributed by atoms with Crippen molar-refractivity contribution in [2.24, 2.45) is 11.7 Å². The van der Waals surface area contributed by atoms with Gasteiger partial charge in [-0.1, -0.05) is 49.8 Å². The Morgan fingerprint density at radius 1 is 1.15 bits per heavy atom. The largest absolute Gasteiger partial charge is 0.494 e. The molecule has 1 saturated carbocycles. The molecule has 0 aliphatic heterocycles. The van der Waals surface area contributed by atoms with E-state index in [4.69, 9.17) is 10.5 Å². The molecular formula is C18H29NO. The molecule has 1 aliphatic carbocycles. The molecule has 1 aliphatic rings. The van der Waals surface area contributed by atoms with Crippen molar-refractivity contribution in [2.75, 3.05) is 6.61 Å². The Kier molecular flexibility index (Phi) is 5.90. The first-order chi connectivity index (χ1) is 9.72. The summed E-state index contributed by atoms with van der Waals surface area (Å²) in [7, 11) is 0. The van der Waals surface area contributed by atoms with Crippen LogP contribution in [-0.2, 0) is 0 Å². The average Bonchev–Trinajstić information content (AvgIpc) is 2.40. The highest BCUT2D eigenvalue weighted by atomic mass is 16.5. The molecule has 0 amide bonds. The molecule has 2 rings (SSSR count). The van der Waals surface area contributed by atoms with E-state index >= 15 is 0 Å². The summed E-state index contributed by atoms with van der Waals surface area (Å²) in [4.78, 5) is 0. The second kappa shape index (κ2) is 7.68. The Morgan fingerprint density at radius 3 is 2.45 bits per heavy atom. The van der Waals surface area contributed by atoms with Crippen LogP contribution >= 0.6 is 0 Å². The van der Waals surface area contributed by atoms with Gasteiger partial charge < -0.3 is 10.5 Å². The van der Waals surface area contributed by atoms with Gasteiger partial charge in [0, 0.05) is 11.6 Å². The molecule has 1 aromatic rings. The number of rotatable bonds is 4. The van der Waals surface area contributed by atoms with E-state index in [-0.39, 0.29) is 6.04 Å². The van der Waals surface area contributed by atoms with Gasteiger partial charge in [0.05, 0.1) is 6.61 Å². The van der Waals surface area contributed by atoms with Gasteiger partial charge in [0.15, 0.2) is 0 Å². The molecule has 0 heterocycles. The molecule has 1 fully saturated rings. The lowest BCUT2D eigenvalue weighted by atomic mass is 9.83. The van der Waals surface area contributed by atoms with Gasteiger partial charge in [-0.2, -0.15) is 0 Å². The lowest BCUT2D eigenvalue weighted by Crippen LogP contribution is -2.23. The summed E-state index contributed by atoms with van der Waals surface area (Å²) in [5.74, 6) is 1.59. The lowest BCUT2D eigenvalue weighted by molar-refractivity contribution is 0.304. The van der Waals surface area contributed by atoms with Gasteiger partial charge in [-0.3, -0.25) is 0 Å². The minimum absolute atomic E-state index is 0.120. The van der Waals surface area contributed by atoms with Gasteiger partial charge in [0.1, 0.15) is 5.75 Å². The maximum atomic E-state index is 6.61. The zero-order valence-corrected chi connectivity index (χ0v) is 13.0. The molecule has 20 heavy (non-hydrogen) atoms. The Bertz CT molecular complexity index is 408. The number of ether oxygens (including phenoxy) is 1. The van der Waals surface area contributed by atoms with Crippen LogP contribution in [0.1, 0.15) is 69.0 Å². The number of aryl methyl sites for hydroxylation is 1. The molecule has 0 aromatic heterocycles. The van der Waals surface area contributed by atoms with E-state index in [1.165, 1.54) is 56.1 Å². The van der Waals surface area contributed by atoms with E-state index < -0.39 is 0 Å². The van der Waals surface area contributed by atoms with Gasteiger partial charge >= 0.3 is 0 Å². The van der Waals surface area contributed by atoms with Crippen LogP contribution in [0.15, 0.2) is 18.2 Å². The fourth-order valence-electron chi connectivity index (χ4n) is 3.32. The van der Waals surface area contributed by atoms with Crippen LogP contribution in [0.3, 0.4) is 0 Å². The highest BCUT2D eigenvalue weighted by Crippen LogP contribution is 2.35. The lowest BCUT2D eigenvalue weighted by Gasteiger charge is -2.27. The molecule has 1 unspecified atom stereocenters. The standard InChI is InChI=1S/C18H29NO/c1-3-20-17-12-11-14(2)13-16(17)18(19)15-9-7-5-4-6-8-10-15/h11-13,15,18H,3-10,19H2,1-2H3. The van der Waals surface area contributed by atoms with Crippen molar-refractivity contribution < 1.29 is 4.74 Å². The Morgan fingerprint density at radius 2 is 1.80 bits per heavy atom. The van der Waals surface area contributed by atoms with Crippen molar-refractivity contribution in [3.8, 4) is 5.75 Å². The third-order valence-electron chi connectivity index (χ3n) is 4.48. The van der Waals surface area contributed by atoms with Crippen LogP contribution in [0.4, 0.5) is 0 Å². The topological polar surface area (TPSA) is 35.2 Å². The Hall–Kier alpha value is -1.02. The highest BCUT2D eigenvalue weighted by molar-refractivity contribution is 5.39. The predicted molar refractivity (Wildman–Crippen MR) is 85.1 cm³/mol. The van der Waals surface area contributed by atoms with Gasteiger partial charge in [0.25, 0.3) is 0 Å². The molecule has 0 radical (unpaired) electrons. The van der Waals surface area contributed by atoms with E-state index in [2.05, 4.69) is 25.1 Å². The van der Waals surface area contributed by atoms with E-state index in [0.29, 0.717) is 12.5 Å². The van der Waals surface area contributed by atoms with Gasteiger partial charge in [-0.15, -0.1) is 0 Å². The quantitative estimate of drug-likeness (QED) is 0.860. The minimum Gasteiger partial charge on any atom is -0.494 e. The van der Waals surface area contributed by atoms with E-state index in [9.17, 15) is 0 Å². The number of hydrogen-bond acceptors (Lipinski definition) is 2. The summed E-state index contributed by atoms with van der Waals surface area (Å²) in [6.45, 7) is 4.86. The molecular weight excluding hydrogens is 246 g/mol. The van der Waals surface area contributed by atoms with E-state index in [1.807, 2.05) is 6.92 Å². The second-order valence-corrected chi connectivity index (χ2v) is 6.11. The maximum Gasteiger partial charge on any atom is 0.124 e. The molecule has 2 nitrogen and oxygen atoms in total. The number of benzene rings is 1.